The van der Waals surface area contributed by atoms with Gasteiger partial charge in [0.25, 0.3) is 0 Å². The average Bonchev–Trinajstić information content (AvgIpc) is 2.47. The van der Waals surface area contributed by atoms with Crippen molar-refractivity contribution < 1.29 is 4.79 Å². The fourth-order valence-corrected chi connectivity index (χ4v) is 2.73. The highest BCUT2D eigenvalue weighted by Crippen LogP contribution is 2.29. The fourth-order valence-electron chi connectivity index (χ4n) is 2.73. The maximum Gasteiger partial charge on any atom is 0.131 e. The second-order valence-corrected chi connectivity index (χ2v) is 8.36. The number of hydrogen-bond donors (Lipinski definition) is 0. The minimum Gasteiger partial charge on any atom is -0.302 e. The first kappa shape index (κ1) is 17.5. The van der Waals surface area contributed by atoms with E-state index in [2.05, 4.69) is 90.1 Å². The van der Waals surface area contributed by atoms with Crippen molar-refractivity contribution in [2.75, 3.05) is 0 Å². The predicted molar refractivity (Wildman–Crippen MR) is 98.2 cm³/mol. The van der Waals surface area contributed by atoms with Crippen LogP contribution in [-0.2, 0) is 15.6 Å². The lowest BCUT2D eigenvalue weighted by Crippen LogP contribution is -2.12. The van der Waals surface area contributed by atoms with Gasteiger partial charge >= 0.3 is 0 Å². The molecule has 0 spiro atoms. The number of hydrogen-bond acceptors (Lipinski definition) is 1. The molecule has 2 aromatic rings. The van der Waals surface area contributed by atoms with Crippen molar-refractivity contribution >= 4 is 6.29 Å². The zero-order chi connectivity index (χ0) is 17.3. The first-order valence-electron chi connectivity index (χ1n) is 8.29. The van der Waals surface area contributed by atoms with Crippen LogP contribution in [0.3, 0.4) is 0 Å². The maximum atomic E-state index is 11.7. The van der Waals surface area contributed by atoms with Crippen LogP contribution in [0, 0.1) is 0 Å². The molecule has 0 saturated carbocycles. The van der Waals surface area contributed by atoms with Crippen molar-refractivity contribution in [3.05, 3.63) is 70.8 Å². The summed E-state index contributed by atoms with van der Waals surface area (Å²) < 4.78 is 0. The summed E-state index contributed by atoms with van der Waals surface area (Å²) in [6.45, 7) is 13.2. The highest BCUT2D eigenvalue weighted by Gasteiger charge is 2.18. The van der Waals surface area contributed by atoms with Crippen molar-refractivity contribution in [3.63, 3.8) is 0 Å². The van der Waals surface area contributed by atoms with Gasteiger partial charge in [-0.05, 0) is 33.1 Å². The summed E-state index contributed by atoms with van der Waals surface area (Å²) in [5, 5.41) is 0. The van der Waals surface area contributed by atoms with E-state index in [1.165, 1.54) is 11.1 Å². The van der Waals surface area contributed by atoms with Crippen molar-refractivity contribution in [1.82, 2.24) is 0 Å². The Morgan fingerprint density at radius 2 is 0.957 bits per heavy atom. The lowest BCUT2D eigenvalue weighted by atomic mass is 9.83. The van der Waals surface area contributed by atoms with Gasteiger partial charge in [0.05, 0.1) is 5.92 Å². The Hall–Kier alpha value is -1.89. The van der Waals surface area contributed by atoms with Crippen molar-refractivity contribution in [3.8, 4) is 0 Å². The minimum atomic E-state index is -0.196. The quantitative estimate of drug-likeness (QED) is 0.673. The summed E-state index contributed by atoms with van der Waals surface area (Å²) in [6, 6.07) is 16.9. The molecule has 2 aromatic carbocycles. The number of benzene rings is 2. The summed E-state index contributed by atoms with van der Waals surface area (Å²) in [4.78, 5) is 11.7. The van der Waals surface area contributed by atoms with E-state index >= 15 is 0 Å². The van der Waals surface area contributed by atoms with E-state index < -0.39 is 0 Å². The number of carbonyl (C=O) groups is 1. The molecule has 1 nitrogen and oxygen atoms in total. The van der Waals surface area contributed by atoms with Crippen molar-refractivity contribution in [2.24, 2.45) is 0 Å². The highest BCUT2D eigenvalue weighted by molar-refractivity contribution is 5.68. The molecule has 23 heavy (non-hydrogen) atoms. The highest BCUT2D eigenvalue weighted by atomic mass is 16.1. The van der Waals surface area contributed by atoms with Crippen LogP contribution in [0.1, 0.15) is 69.7 Å². The van der Waals surface area contributed by atoms with E-state index in [0.29, 0.717) is 0 Å². The maximum absolute atomic E-state index is 11.7. The summed E-state index contributed by atoms with van der Waals surface area (Å²) in [6.07, 6.45) is 1.04. The number of carbonyl (C=O) groups excluding carboxylic acids is 1. The van der Waals surface area contributed by atoms with Gasteiger partial charge in [-0.25, -0.2) is 0 Å². The third kappa shape index (κ3) is 4.10. The SMILES string of the molecule is CC(C)(C)c1ccc(C(C=O)c2ccc(C(C)(C)C)cc2)cc1. The van der Waals surface area contributed by atoms with Gasteiger partial charge in [-0.3, -0.25) is 0 Å². The summed E-state index contributed by atoms with van der Waals surface area (Å²) in [5.41, 5.74) is 4.93. The van der Waals surface area contributed by atoms with Gasteiger partial charge < -0.3 is 4.79 Å². The molecule has 0 fully saturated rings. The van der Waals surface area contributed by atoms with Crippen molar-refractivity contribution in [1.29, 1.82) is 0 Å². The van der Waals surface area contributed by atoms with Gasteiger partial charge in [0.15, 0.2) is 0 Å². The molecule has 122 valence electrons. The van der Waals surface area contributed by atoms with E-state index in [4.69, 9.17) is 0 Å². The second kappa shape index (κ2) is 6.31. The summed E-state index contributed by atoms with van der Waals surface area (Å²) in [7, 11) is 0. The van der Waals surface area contributed by atoms with Crippen LogP contribution in [-0.4, -0.2) is 6.29 Å². The lowest BCUT2D eigenvalue weighted by Gasteiger charge is -2.21. The molecule has 0 radical (unpaired) electrons. The van der Waals surface area contributed by atoms with E-state index in [1.54, 1.807) is 0 Å². The van der Waals surface area contributed by atoms with E-state index in [1.807, 2.05) is 0 Å². The predicted octanol–water partition coefficient (Wildman–Crippen LogP) is 5.61. The largest absolute Gasteiger partial charge is 0.302 e. The minimum absolute atomic E-state index is 0.129. The van der Waals surface area contributed by atoms with Crippen LogP contribution in [0.4, 0.5) is 0 Å². The average molecular weight is 308 g/mol. The Balaban J connectivity index is 2.31. The zero-order valence-electron chi connectivity index (χ0n) is 15.2. The Labute approximate surface area is 140 Å². The lowest BCUT2D eigenvalue weighted by molar-refractivity contribution is -0.108. The molecule has 0 atom stereocenters. The molecule has 0 saturated heterocycles. The van der Waals surface area contributed by atoms with E-state index in [-0.39, 0.29) is 16.7 Å². The van der Waals surface area contributed by atoms with Crippen LogP contribution < -0.4 is 0 Å². The monoisotopic (exact) mass is 308 g/mol. The Morgan fingerprint density at radius 3 is 1.17 bits per heavy atom. The van der Waals surface area contributed by atoms with E-state index in [0.717, 1.165) is 17.4 Å². The molecule has 0 unspecified atom stereocenters. The second-order valence-electron chi connectivity index (χ2n) is 8.36. The molecule has 0 amide bonds. The van der Waals surface area contributed by atoms with Crippen LogP contribution in [0.25, 0.3) is 0 Å². The smallest absolute Gasteiger partial charge is 0.131 e. The molecule has 0 N–H and O–H groups in total. The molecule has 0 aliphatic rings. The molecular weight excluding hydrogens is 280 g/mol. The van der Waals surface area contributed by atoms with Crippen LogP contribution in [0.15, 0.2) is 48.5 Å². The topological polar surface area (TPSA) is 17.1 Å². The molecule has 1 heteroatoms. The van der Waals surface area contributed by atoms with Gasteiger partial charge in [0, 0.05) is 0 Å². The Morgan fingerprint density at radius 1 is 0.652 bits per heavy atom. The Bertz CT molecular complexity index is 592. The molecular formula is C22H28O. The van der Waals surface area contributed by atoms with Crippen molar-refractivity contribution in [2.45, 2.75) is 58.3 Å². The van der Waals surface area contributed by atoms with Gasteiger partial charge in [-0.15, -0.1) is 0 Å². The van der Waals surface area contributed by atoms with Gasteiger partial charge in [0.1, 0.15) is 6.29 Å². The number of aldehydes is 1. The third-order valence-corrected chi connectivity index (χ3v) is 4.41. The van der Waals surface area contributed by atoms with Crippen LogP contribution in [0.2, 0.25) is 0 Å². The standard InChI is InChI=1S/C22H28O/c1-21(2,3)18-11-7-16(8-12-18)20(15-23)17-9-13-19(14-10-17)22(4,5)6/h7-15,20H,1-6H3. The van der Waals surface area contributed by atoms with Gasteiger partial charge in [-0.2, -0.15) is 0 Å². The van der Waals surface area contributed by atoms with Gasteiger partial charge in [-0.1, -0.05) is 90.1 Å². The summed E-state index contributed by atoms with van der Waals surface area (Å²) >= 11 is 0. The van der Waals surface area contributed by atoms with Crippen LogP contribution in [0.5, 0.6) is 0 Å². The van der Waals surface area contributed by atoms with E-state index in [9.17, 15) is 4.79 Å². The molecule has 0 heterocycles. The third-order valence-electron chi connectivity index (χ3n) is 4.41. The zero-order valence-corrected chi connectivity index (χ0v) is 15.2. The molecule has 0 aromatic heterocycles. The molecule has 0 aliphatic carbocycles. The number of rotatable bonds is 3. The van der Waals surface area contributed by atoms with Crippen LogP contribution >= 0.6 is 0 Å². The first-order valence-corrected chi connectivity index (χ1v) is 8.29. The summed E-state index contributed by atoms with van der Waals surface area (Å²) in [5.74, 6) is -0.196. The molecule has 2 rings (SSSR count). The Kier molecular flexibility index (Phi) is 4.79. The first-order chi connectivity index (χ1) is 10.6. The molecule has 0 aliphatic heterocycles. The fraction of sp³-hybridized carbons (Fsp3) is 0.409. The molecule has 0 bridgehead atoms. The van der Waals surface area contributed by atoms with Gasteiger partial charge in [0.2, 0.25) is 0 Å². The normalized spacial score (nSPS) is 12.5.